The summed E-state index contributed by atoms with van der Waals surface area (Å²) < 4.78 is 6.04. The highest BCUT2D eigenvalue weighted by Gasteiger charge is 2.18. The summed E-state index contributed by atoms with van der Waals surface area (Å²) in [5.41, 5.74) is 3.59. The smallest absolute Gasteiger partial charge is 0.196 e. The van der Waals surface area contributed by atoms with Gasteiger partial charge in [-0.3, -0.25) is 4.79 Å². The fourth-order valence-electron chi connectivity index (χ4n) is 4.29. The van der Waals surface area contributed by atoms with Crippen molar-refractivity contribution >= 4 is 14.0 Å². The van der Waals surface area contributed by atoms with Crippen LogP contribution in [-0.2, 0) is 0 Å². The van der Waals surface area contributed by atoms with E-state index in [1.54, 1.807) is 0 Å². The summed E-state index contributed by atoms with van der Waals surface area (Å²) in [5, 5.41) is 11.6. The highest BCUT2D eigenvalue weighted by Crippen LogP contribution is 2.31. The first-order valence-corrected chi connectivity index (χ1v) is 13.7. The van der Waals surface area contributed by atoms with Gasteiger partial charge in [-0.1, -0.05) is 75.1 Å². The molecule has 0 saturated heterocycles. The summed E-state index contributed by atoms with van der Waals surface area (Å²) in [6, 6.07) is 11.4. The van der Waals surface area contributed by atoms with Gasteiger partial charge >= 0.3 is 0 Å². The quantitative estimate of drug-likeness (QED) is 0.148. The molecule has 2 atom stereocenters. The van der Waals surface area contributed by atoms with E-state index in [1.807, 2.05) is 68.2 Å². The maximum Gasteiger partial charge on any atom is 0.196 e. The van der Waals surface area contributed by atoms with Gasteiger partial charge < -0.3 is 9.84 Å². The van der Waals surface area contributed by atoms with Crippen LogP contribution < -0.4 is 4.74 Å². The molecule has 3 rings (SSSR count). The van der Waals surface area contributed by atoms with Gasteiger partial charge in [0.1, 0.15) is 17.6 Å². The van der Waals surface area contributed by atoms with Crippen LogP contribution >= 0.6 is 8.19 Å². The molecule has 0 spiro atoms. The molecule has 1 aliphatic carbocycles. The van der Waals surface area contributed by atoms with Crippen LogP contribution in [0.25, 0.3) is 0 Å². The molecule has 1 heterocycles. The standard InChI is InChI=1S/C31H39O3P/c1-21(2)18-22(3)19-23(4)30(32)26-13-15-28(16-14-26)34-24(5)20-27(12-11-25-8-6-9-25)31(33)29-10-7-17-35-29/h7,10,12-21,25,30,32,35H,6,8-9,11H2,1-5H3/b22-18-,23-19+,24-20+,27-12+. The van der Waals surface area contributed by atoms with Crippen molar-refractivity contribution in [3.8, 4) is 5.75 Å². The Kier molecular flexibility index (Phi) is 9.95. The van der Waals surface area contributed by atoms with Crippen molar-refractivity contribution in [3.63, 3.8) is 0 Å². The lowest BCUT2D eigenvalue weighted by Gasteiger charge is -2.23. The van der Waals surface area contributed by atoms with Crippen LogP contribution in [0.3, 0.4) is 0 Å². The zero-order valence-electron chi connectivity index (χ0n) is 21.7. The van der Waals surface area contributed by atoms with Gasteiger partial charge in [0, 0.05) is 10.9 Å². The highest BCUT2D eigenvalue weighted by atomic mass is 31.0. The first-order valence-electron chi connectivity index (χ1n) is 12.6. The first kappa shape index (κ1) is 27.0. The molecule has 1 fully saturated rings. The summed E-state index contributed by atoms with van der Waals surface area (Å²) in [7, 11) is 0.435. The maximum absolute atomic E-state index is 13.1. The Balaban J connectivity index is 1.70. The zero-order valence-corrected chi connectivity index (χ0v) is 22.7. The minimum absolute atomic E-state index is 0.0955. The lowest BCUT2D eigenvalue weighted by molar-refractivity contribution is 0.104. The summed E-state index contributed by atoms with van der Waals surface area (Å²) in [6.45, 7) is 10.2. The number of hydrogen-bond donors (Lipinski definition) is 1. The van der Waals surface area contributed by atoms with Crippen molar-refractivity contribution in [3.05, 3.63) is 99.8 Å². The number of hydrogen-bond acceptors (Lipinski definition) is 3. The molecule has 0 bridgehead atoms. The van der Waals surface area contributed by atoms with E-state index in [-0.39, 0.29) is 5.78 Å². The summed E-state index contributed by atoms with van der Waals surface area (Å²) in [5.74, 6) is 4.66. The summed E-state index contributed by atoms with van der Waals surface area (Å²) >= 11 is 0. The Morgan fingerprint density at radius 2 is 1.83 bits per heavy atom. The number of ketones is 1. The third-order valence-corrected chi connectivity index (χ3v) is 7.38. The van der Waals surface area contributed by atoms with Gasteiger partial charge in [0.05, 0.1) is 0 Å². The zero-order chi connectivity index (χ0) is 25.4. The van der Waals surface area contributed by atoms with Crippen molar-refractivity contribution in [2.45, 2.75) is 66.4 Å². The number of ether oxygens (including phenoxy) is 1. The van der Waals surface area contributed by atoms with Crippen molar-refractivity contribution in [1.82, 2.24) is 0 Å². The van der Waals surface area contributed by atoms with Crippen LogP contribution in [-0.4, -0.2) is 10.9 Å². The molecular weight excluding hydrogens is 451 g/mol. The fourth-order valence-corrected chi connectivity index (χ4v) is 5.13. The fraction of sp³-hybridized carbons (Fsp3) is 0.387. The van der Waals surface area contributed by atoms with Gasteiger partial charge in [-0.05, 0) is 80.2 Å². The van der Waals surface area contributed by atoms with Gasteiger partial charge in [0.15, 0.2) is 5.78 Å². The predicted octanol–water partition coefficient (Wildman–Crippen LogP) is 8.58. The number of Topliss-reactive ketones (excluding diaryl/α,β-unsaturated/α-hetero) is 1. The molecule has 35 heavy (non-hydrogen) atoms. The van der Waals surface area contributed by atoms with Gasteiger partial charge in [-0.2, -0.15) is 0 Å². The highest BCUT2D eigenvalue weighted by molar-refractivity contribution is 7.32. The summed E-state index contributed by atoms with van der Waals surface area (Å²) in [4.78, 5) is 13.1. The predicted molar refractivity (Wildman–Crippen MR) is 148 cm³/mol. The Bertz CT molecular complexity index is 1090. The molecule has 1 saturated carbocycles. The average molecular weight is 491 g/mol. The molecule has 0 aliphatic heterocycles. The lowest BCUT2D eigenvalue weighted by atomic mass is 9.82. The first-order chi connectivity index (χ1) is 16.7. The third kappa shape index (κ3) is 8.23. The van der Waals surface area contributed by atoms with E-state index in [0.717, 1.165) is 34.0 Å². The van der Waals surface area contributed by atoms with Crippen LogP contribution in [0.1, 0.15) is 82.1 Å². The van der Waals surface area contributed by atoms with E-state index in [9.17, 15) is 9.90 Å². The van der Waals surface area contributed by atoms with E-state index >= 15 is 0 Å². The number of rotatable bonds is 11. The molecule has 1 N–H and O–H groups in total. The second kappa shape index (κ2) is 12.9. The Hall–Kier alpha value is -2.61. The van der Waals surface area contributed by atoms with Gasteiger partial charge in [0.25, 0.3) is 0 Å². The molecule has 1 aromatic carbocycles. The second-order valence-electron chi connectivity index (χ2n) is 9.98. The number of carbonyl (C=O) groups excluding carboxylic acids is 1. The van der Waals surface area contributed by atoms with E-state index in [0.29, 0.717) is 31.5 Å². The van der Waals surface area contributed by atoms with Crippen molar-refractivity contribution < 1.29 is 14.6 Å². The number of aliphatic hydroxyl groups excluding tert-OH is 1. The van der Waals surface area contributed by atoms with E-state index < -0.39 is 6.10 Å². The van der Waals surface area contributed by atoms with E-state index in [4.69, 9.17) is 4.74 Å². The molecule has 0 radical (unpaired) electrons. The lowest BCUT2D eigenvalue weighted by Crippen LogP contribution is -2.10. The number of aliphatic hydroxyl groups is 1. The topological polar surface area (TPSA) is 46.5 Å². The van der Waals surface area contributed by atoms with Crippen LogP contribution in [0.5, 0.6) is 5.75 Å². The Morgan fingerprint density at radius 1 is 1.11 bits per heavy atom. The number of carbonyl (C=O) groups is 1. The Morgan fingerprint density at radius 3 is 2.40 bits per heavy atom. The van der Waals surface area contributed by atoms with Crippen LogP contribution in [0, 0.1) is 11.8 Å². The van der Waals surface area contributed by atoms with Crippen molar-refractivity contribution in [2.24, 2.45) is 11.8 Å². The number of allylic oxidation sites excluding steroid dienone is 7. The van der Waals surface area contributed by atoms with Crippen LogP contribution in [0.15, 0.2) is 89.0 Å². The minimum Gasteiger partial charge on any atom is -0.462 e. The van der Waals surface area contributed by atoms with E-state index in [1.165, 1.54) is 19.3 Å². The normalized spacial score (nSPS) is 17.1. The monoisotopic (exact) mass is 490 g/mol. The molecular formula is C31H39O3P. The van der Waals surface area contributed by atoms with E-state index in [2.05, 4.69) is 32.9 Å². The molecule has 2 unspecified atom stereocenters. The third-order valence-electron chi connectivity index (χ3n) is 6.32. The molecule has 2 aromatic rings. The van der Waals surface area contributed by atoms with Crippen molar-refractivity contribution in [1.29, 1.82) is 0 Å². The molecule has 3 nitrogen and oxygen atoms in total. The number of benzene rings is 1. The average Bonchev–Trinajstić information content (AvgIpc) is 3.31. The second-order valence-corrected chi connectivity index (χ2v) is 11.1. The van der Waals surface area contributed by atoms with Gasteiger partial charge in [0.2, 0.25) is 0 Å². The molecule has 186 valence electrons. The van der Waals surface area contributed by atoms with Crippen LogP contribution in [0.2, 0.25) is 0 Å². The van der Waals surface area contributed by atoms with Gasteiger partial charge in [-0.25, -0.2) is 0 Å². The molecule has 4 heteroatoms. The van der Waals surface area contributed by atoms with Crippen LogP contribution in [0.4, 0.5) is 0 Å². The SMILES string of the molecule is CC(=C/C(C)C)/C=C(\C)C(O)c1ccc(O/C(C)=C/C(=C\CC2CCC2)C(=O)c2ccc[pH]2)cc1. The largest absolute Gasteiger partial charge is 0.462 e. The summed E-state index contributed by atoms with van der Waals surface area (Å²) in [6.07, 6.45) is 12.3. The van der Waals surface area contributed by atoms with Gasteiger partial charge in [-0.15, -0.1) is 8.19 Å². The molecule has 1 aliphatic rings. The molecule has 1 aromatic heterocycles. The molecule has 0 amide bonds. The minimum atomic E-state index is -0.663. The van der Waals surface area contributed by atoms with Crippen molar-refractivity contribution in [2.75, 3.05) is 0 Å². The Labute approximate surface area is 212 Å². The maximum atomic E-state index is 13.1.